The molecule has 23 heavy (non-hydrogen) atoms. The average Bonchev–Trinajstić information content (AvgIpc) is 2.55. The Bertz CT molecular complexity index is 617. The molecular weight excluding hydrogens is 292 g/mol. The number of amides is 1. The highest BCUT2D eigenvalue weighted by atomic mass is 16.5. The minimum Gasteiger partial charge on any atom is -0.457 e. The molecular formula is C18H22N2O3. The number of rotatable bonds is 8. The summed E-state index contributed by atoms with van der Waals surface area (Å²) in [6, 6.07) is 17.3. The zero-order chi connectivity index (χ0) is 16.5. The van der Waals surface area contributed by atoms with Gasteiger partial charge in [-0.3, -0.25) is 0 Å². The van der Waals surface area contributed by atoms with Gasteiger partial charge in [0.1, 0.15) is 11.5 Å². The fraction of sp³-hybridized carbons (Fsp3) is 0.278. The lowest BCUT2D eigenvalue weighted by molar-refractivity contribution is 0.154. The van der Waals surface area contributed by atoms with Gasteiger partial charge in [-0.05, 0) is 49.1 Å². The first kappa shape index (κ1) is 16.8. The van der Waals surface area contributed by atoms with Crippen molar-refractivity contribution in [2.75, 3.05) is 6.61 Å². The Morgan fingerprint density at radius 2 is 1.74 bits per heavy atom. The molecule has 0 heterocycles. The van der Waals surface area contributed by atoms with Crippen LogP contribution in [0.3, 0.4) is 0 Å². The van der Waals surface area contributed by atoms with Gasteiger partial charge in [-0.25, -0.2) is 4.79 Å². The van der Waals surface area contributed by atoms with Crippen molar-refractivity contribution in [1.29, 1.82) is 0 Å². The summed E-state index contributed by atoms with van der Waals surface area (Å²) < 4.78 is 10.5. The number of carbonyl (C=O) groups is 1. The number of primary amides is 1. The van der Waals surface area contributed by atoms with Gasteiger partial charge in [-0.1, -0.05) is 30.3 Å². The van der Waals surface area contributed by atoms with Crippen molar-refractivity contribution in [2.45, 2.75) is 25.3 Å². The Hall–Kier alpha value is -2.53. The lowest BCUT2D eigenvalue weighted by Crippen LogP contribution is -2.14. The van der Waals surface area contributed by atoms with E-state index in [1.54, 1.807) is 0 Å². The quantitative estimate of drug-likeness (QED) is 0.726. The van der Waals surface area contributed by atoms with Gasteiger partial charge in [0, 0.05) is 6.04 Å². The number of nitrogens with two attached hydrogens (primary N) is 2. The van der Waals surface area contributed by atoms with Gasteiger partial charge in [0.05, 0.1) is 6.61 Å². The van der Waals surface area contributed by atoms with Crippen LogP contribution in [-0.2, 0) is 4.74 Å². The molecule has 122 valence electrons. The maximum absolute atomic E-state index is 10.5. The summed E-state index contributed by atoms with van der Waals surface area (Å²) in [6.07, 6.45) is 1.67. The van der Waals surface area contributed by atoms with Crippen LogP contribution in [0.4, 0.5) is 4.79 Å². The molecule has 0 aliphatic heterocycles. The maximum Gasteiger partial charge on any atom is 0.404 e. The van der Waals surface area contributed by atoms with E-state index in [2.05, 4.69) is 0 Å². The number of ether oxygens (including phenoxy) is 2. The predicted molar refractivity (Wildman–Crippen MR) is 89.3 cm³/mol. The SMILES string of the molecule is NC(=O)OCCCCC(N)c1cccc(Oc2ccccc2)c1. The Kier molecular flexibility index (Phi) is 6.44. The summed E-state index contributed by atoms with van der Waals surface area (Å²) >= 11 is 0. The molecule has 2 aromatic carbocycles. The molecule has 2 aromatic rings. The highest BCUT2D eigenvalue weighted by Crippen LogP contribution is 2.25. The van der Waals surface area contributed by atoms with E-state index in [1.807, 2.05) is 54.6 Å². The van der Waals surface area contributed by atoms with Crippen LogP contribution in [0.15, 0.2) is 54.6 Å². The first-order valence-corrected chi connectivity index (χ1v) is 7.66. The molecule has 1 unspecified atom stereocenters. The largest absolute Gasteiger partial charge is 0.457 e. The number of hydrogen-bond acceptors (Lipinski definition) is 4. The van der Waals surface area contributed by atoms with E-state index in [-0.39, 0.29) is 6.04 Å². The number of unbranched alkanes of at least 4 members (excludes halogenated alkanes) is 1. The molecule has 0 aliphatic carbocycles. The van der Waals surface area contributed by atoms with Crippen LogP contribution < -0.4 is 16.2 Å². The standard InChI is InChI=1S/C18H22N2O3/c19-17(11-4-5-12-22-18(20)21)14-7-6-10-16(13-14)23-15-8-2-1-3-9-15/h1-3,6-10,13,17H,4-5,11-12,19H2,(H2,20,21). The zero-order valence-corrected chi connectivity index (χ0v) is 13.0. The van der Waals surface area contributed by atoms with E-state index in [0.29, 0.717) is 6.61 Å². The minimum atomic E-state index is -0.736. The Morgan fingerprint density at radius 1 is 1.00 bits per heavy atom. The first-order valence-electron chi connectivity index (χ1n) is 7.66. The van der Waals surface area contributed by atoms with Gasteiger partial charge in [0.25, 0.3) is 0 Å². The van der Waals surface area contributed by atoms with Gasteiger partial charge in [0.2, 0.25) is 0 Å². The van der Waals surface area contributed by atoms with Crippen LogP contribution in [0, 0.1) is 0 Å². The average molecular weight is 314 g/mol. The van der Waals surface area contributed by atoms with E-state index in [4.69, 9.17) is 20.9 Å². The molecule has 0 bridgehead atoms. The van der Waals surface area contributed by atoms with Crippen LogP contribution in [-0.4, -0.2) is 12.7 Å². The van der Waals surface area contributed by atoms with Crippen molar-refractivity contribution in [3.05, 3.63) is 60.2 Å². The second kappa shape index (κ2) is 8.80. The third kappa shape index (κ3) is 6.00. The molecule has 0 fully saturated rings. The minimum absolute atomic E-state index is 0.0806. The van der Waals surface area contributed by atoms with Crippen molar-refractivity contribution in [1.82, 2.24) is 0 Å². The summed E-state index contributed by atoms with van der Waals surface area (Å²) in [4.78, 5) is 10.5. The van der Waals surface area contributed by atoms with Gasteiger partial charge in [-0.2, -0.15) is 0 Å². The van der Waals surface area contributed by atoms with Crippen LogP contribution in [0.1, 0.15) is 30.9 Å². The Labute approximate surface area is 136 Å². The van der Waals surface area contributed by atoms with Crippen molar-refractivity contribution in [2.24, 2.45) is 11.5 Å². The van der Waals surface area contributed by atoms with Crippen molar-refractivity contribution >= 4 is 6.09 Å². The maximum atomic E-state index is 10.5. The van der Waals surface area contributed by atoms with Crippen LogP contribution in [0.5, 0.6) is 11.5 Å². The van der Waals surface area contributed by atoms with E-state index in [9.17, 15) is 4.79 Å². The highest BCUT2D eigenvalue weighted by molar-refractivity contribution is 5.64. The van der Waals surface area contributed by atoms with Crippen molar-refractivity contribution in [3.63, 3.8) is 0 Å². The molecule has 4 N–H and O–H groups in total. The normalized spacial score (nSPS) is 11.7. The second-order valence-corrected chi connectivity index (χ2v) is 5.26. The summed E-state index contributed by atoms with van der Waals surface area (Å²) in [6.45, 7) is 0.333. The number of hydrogen-bond donors (Lipinski definition) is 2. The third-order valence-electron chi connectivity index (χ3n) is 3.42. The first-order chi connectivity index (χ1) is 11.1. The Balaban J connectivity index is 1.85. The predicted octanol–water partition coefficient (Wildman–Crippen LogP) is 3.74. The summed E-state index contributed by atoms with van der Waals surface area (Å²) in [5.74, 6) is 1.56. The van der Waals surface area contributed by atoms with E-state index in [0.717, 1.165) is 36.3 Å². The highest BCUT2D eigenvalue weighted by Gasteiger charge is 2.07. The molecule has 0 saturated carbocycles. The zero-order valence-electron chi connectivity index (χ0n) is 13.0. The van der Waals surface area contributed by atoms with E-state index < -0.39 is 6.09 Å². The molecule has 0 spiro atoms. The fourth-order valence-corrected chi connectivity index (χ4v) is 2.24. The summed E-state index contributed by atoms with van der Waals surface area (Å²) in [5.41, 5.74) is 12.1. The topological polar surface area (TPSA) is 87.6 Å². The molecule has 1 atom stereocenters. The molecule has 5 heteroatoms. The lowest BCUT2D eigenvalue weighted by atomic mass is 10.0. The molecule has 5 nitrogen and oxygen atoms in total. The van der Waals surface area contributed by atoms with Gasteiger partial charge in [0.15, 0.2) is 0 Å². The number of para-hydroxylation sites is 1. The molecule has 0 saturated heterocycles. The lowest BCUT2D eigenvalue weighted by Gasteiger charge is -2.13. The van der Waals surface area contributed by atoms with Crippen LogP contribution >= 0.6 is 0 Å². The third-order valence-corrected chi connectivity index (χ3v) is 3.42. The van der Waals surface area contributed by atoms with Crippen molar-refractivity contribution in [3.8, 4) is 11.5 Å². The molecule has 2 rings (SSSR count). The van der Waals surface area contributed by atoms with E-state index in [1.165, 1.54) is 0 Å². The van der Waals surface area contributed by atoms with E-state index >= 15 is 0 Å². The molecule has 0 aromatic heterocycles. The van der Waals surface area contributed by atoms with Crippen molar-refractivity contribution < 1.29 is 14.3 Å². The van der Waals surface area contributed by atoms with Gasteiger partial charge >= 0.3 is 6.09 Å². The molecule has 0 radical (unpaired) electrons. The number of carbonyl (C=O) groups excluding carboxylic acids is 1. The fourth-order valence-electron chi connectivity index (χ4n) is 2.24. The van der Waals surface area contributed by atoms with Crippen LogP contribution in [0.2, 0.25) is 0 Å². The Morgan fingerprint density at radius 3 is 2.48 bits per heavy atom. The second-order valence-electron chi connectivity index (χ2n) is 5.26. The summed E-state index contributed by atoms with van der Waals surface area (Å²) in [7, 11) is 0. The van der Waals surface area contributed by atoms with Gasteiger partial charge in [-0.15, -0.1) is 0 Å². The number of benzene rings is 2. The van der Waals surface area contributed by atoms with Crippen LogP contribution in [0.25, 0.3) is 0 Å². The van der Waals surface area contributed by atoms with Gasteiger partial charge < -0.3 is 20.9 Å². The monoisotopic (exact) mass is 314 g/mol. The summed E-state index contributed by atoms with van der Waals surface area (Å²) in [5, 5.41) is 0. The smallest absolute Gasteiger partial charge is 0.404 e. The molecule has 1 amide bonds. The molecule has 0 aliphatic rings.